The molecule has 0 saturated carbocycles. The molecule has 3 rings (SSSR count). The molecule has 0 radical (unpaired) electrons. The fraction of sp³-hybridized carbons (Fsp3) is 0.412. The van der Waals surface area contributed by atoms with Crippen LogP contribution >= 0.6 is 36.2 Å². The fourth-order valence-corrected chi connectivity index (χ4v) is 3.47. The second-order valence-corrected chi connectivity index (χ2v) is 6.50. The highest BCUT2D eigenvalue weighted by Gasteiger charge is 2.16. The second kappa shape index (κ2) is 10.7. The van der Waals surface area contributed by atoms with Gasteiger partial charge in [0.1, 0.15) is 0 Å². The van der Waals surface area contributed by atoms with Crippen LogP contribution in [0.3, 0.4) is 0 Å². The van der Waals surface area contributed by atoms with Crippen LogP contribution in [0, 0.1) is 0 Å². The minimum Gasteiger partial charge on any atom is -0.341 e. The molecule has 4 nitrogen and oxygen atoms in total. The summed E-state index contributed by atoms with van der Waals surface area (Å²) in [5.41, 5.74) is 2.16. The first kappa shape index (κ1) is 20.9. The maximum absolute atomic E-state index is 12.4. The molecule has 0 bridgehead atoms. The van der Waals surface area contributed by atoms with E-state index in [1.165, 1.54) is 5.56 Å². The van der Waals surface area contributed by atoms with E-state index in [2.05, 4.69) is 22.4 Å². The lowest BCUT2D eigenvalue weighted by Gasteiger charge is -2.19. The first-order valence-corrected chi connectivity index (χ1v) is 8.65. The van der Waals surface area contributed by atoms with Crippen LogP contribution in [0.1, 0.15) is 22.7 Å². The van der Waals surface area contributed by atoms with E-state index in [1.54, 1.807) is 11.3 Å². The molecule has 2 heterocycles. The number of hydrogen-bond acceptors (Lipinski definition) is 4. The summed E-state index contributed by atoms with van der Waals surface area (Å²) in [5.74, 6) is 0.195. The van der Waals surface area contributed by atoms with E-state index in [9.17, 15) is 4.79 Å². The maximum Gasteiger partial charge on any atom is 0.228 e. The zero-order valence-corrected chi connectivity index (χ0v) is 15.9. The molecule has 0 aliphatic carbocycles. The normalized spacial score (nSPS) is 14.2. The van der Waals surface area contributed by atoms with Crippen LogP contribution < -0.4 is 5.32 Å². The molecule has 1 aromatic carbocycles. The van der Waals surface area contributed by atoms with Gasteiger partial charge in [-0.1, -0.05) is 30.3 Å². The third kappa shape index (κ3) is 6.06. The van der Waals surface area contributed by atoms with Crippen LogP contribution in [0.2, 0.25) is 0 Å². The molecule has 1 aromatic heterocycles. The Hall–Kier alpha value is -1.14. The topological polar surface area (TPSA) is 45.2 Å². The highest BCUT2D eigenvalue weighted by Crippen LogP contribution is 2.15. The van der Waals surface area contributed by atoms with Gasteiger partial charge in [-0.15, -0.1) is 36.2 Å². The van der Waals surface area contributed by atoms with Gasteiger partial charge in [-0.2, -0.15) is 0 Å². The number of carbonyl (C=O) groups is 1. The molecular formula is C17H23Cl2N3OS. The Morgan fingerprint density at radius 1 is 1.17 bits per heavy atom. The van der Waals surface area contributed by atoms with Crippen molar-refractivity contribution in [1.29, 1.82) is 0 Å². The smallest absolute Gasteiger partial charge is 0.228 e. The van der Waals surface area contributed by atoms with Gasteiger partial charge in [-0.3, -0.25) is 4.79 Å². The van der Waals surface area contributed by atoms with Gasteiger partial charge < -0.3 is 10.2 Å². The quantitative estimate of drug-likeness (QED) is 0.876. The van der Waals surface area contributed by atoms with Gasteiger partial charge in [0, 0.05) is 31.4 Å². The minimum atomic E-state index is 0. The van der Waals surface area contributed by atoms with Crippen molar-refractivity contribution in [2.45, 2.75) is 19.3 Å². The predicted octanol–water partition coefficient (Wildman–Crippen LogP) is 2.94. The SMILES string of the molecule is Cl.Cl.O=C(Cc1csc(Cc2ccccc2)n1)N1CCCNCC1. The number of rotatable bonds is 4. The molecule has 1 saturated heterocycles. The lowest BCUT2D eigenvalue weighted by Crippen LogP contribution is -2.35. The standard InChI is InChI=1S/C17H21N3OS.2ClH/c21-17(20-9-4-7-18-8-10-20)12-15-13-22-16(19-15)11-14-5-2-1-3-6-14;;/h1-3,5-6,13,18H,4,7-12H2;2*1H. The zero-order valence-electron chi connectivity index (χ0n) is 13.4. The van der Waals surface area contributed by atoms with Crippen LogP contribution in [0.25, 0.3) is 0 Å². The molecule has 1 amide bonds. The van der Waals surface area contributed by atoms with Crippen molar-refractivity contribution in [3.05, 3.63) is 52.0 Å². The summed E-state index contributed by atoms with van der Waals surface area (Å²) in [5, 5.41) is 6.42. The Balaban J connectivity index is 0.00000144. The van der Waals surface area contributed by atoms with E-state index in [1.807, 2.05) is 28.5 Å². The number of thiazole rings is 1. The highest BCUT2D eigenvalue weighted by molar-refractivity contribution is 7.09. The van der Waals surface area contributed by atoms with Gasteiger partial charge >= 0.3 is 0 Å². The number of benzene rings is 1. The zero-order chi connectivity index (χ0) is 15.2. The molecule has 24 heavy (non-hydrogen) atoms. The molecule has 132 valence electrons. The van der Waals surface area contributed by atoms with E-state index in [0.29, 0.717) is 6.42 Å². The number of nitrogens with one attached hydrogen (secondary N) is 1. The first-order valence-electron chi connectivity index (χ1n) is 7.77. The van der Waals surface area contributed by atoms with Crippen molar-refractivity contribution in [2.24, 2.45) is 0 Å². The number of amides is 1. The Morgan fingerprint density at radius 2 is 1.96 bits per heavy atom. The minimum absolute atomic E-state index is 0. The number of hydrogen-bond donors (Lipinski definition) is 1. The molecule has 7 heteroatoms. The molecule has 0 atom stereocenters. The van der Waals surface area contributed by atoms with Crippen molar-refractivity contribution in [2.75, 3.05) is 26.2 Å². The number of nitrogens with zero attached hydrogens (tertiary/aromatic N) is 2. The van der Waals surface area contributed by atoms with Crippen LogP contribution in [-0.4, -0.2) is 42.0 Å². The Kier molecular flexibility index (Phi) is 9.29. The molecule has 1 fully saturated rings. The van der Waals surface area contributed by atoms with Crippen LogP contribution in [0.4, 0.5) is 0 Å². The lowest BCUT2D eigenvalue weighted by molar-refractivity contribution is -0.130. The third-order valence-electron chi connectivity index (χ3n) is 3.82. The monoisotopic (exact) mass is 387 g/mol. The van der Waals surface area contributed by atoms with E-state index in [-0.39, 0.29) is 30.7 Å². The Labute approximate surface area is 159 Å². The van der Waals surface area contributed by atoms with Crippen LogP contribution in [0.5, 0.6) is 0 Å². The average molecular weight is 388 g/mol. The summed E-state index contributed by atoms with van der Waals surface area (Å²) in [6.07, 6.45) is 2.29. The van der Waals surface area contributed by atoms with Gasteiger partial charge in [-0.25, -0.2) is 4.98 Å². The Bertz CT molecular complexity index is 613. The summed E-state index contributed by atoms with van der Waals surface area (Å²) in [4.78, 5) is 18.9. The van der Waals surface area contributed by atoms with Crippen LogP contribution in [0.15, 0.2) is 35.7 Å². The average Bonchev–Trinajstić information content (AvgIpc) is 2.80. The van der Waals surface area contributed by atoms with E-state index >= 15 is 0 Å². The molecule has 1 N–H and O–H groups in total. The molecule has 1 aliphatic heterocycles. The summed E-state index contributed by atoms with van der Waals surface area (Å²) in [6.45, 7) is 3.55. The van der Waals surface area contributed by atoms with Crippen molar-refractivity contribution in [1.82, 2.24) is 15.2 Å². The van der Waals surface area contributed by atoms with Gasteiger partial charge in [-0.05, 0) is 18.5 Å². The summed E-state index contributed by atoms with van der Waals surface area (Å²) >= 11 is 1.64. The van der Waals surface area contributed by atoms with Crippen molar-refractivity contribution < 1.29 is 4.79 Å². The largest absolute Gasteiger partial charge is 0.341 e. The van der Waals surface area contributed by atoms with Gasteiger partial charge in [0.15, 0.2) is 0 Å². The lowest BCUT2D eigenvalue weighted by atomic mass is 10.2. The van der Waals surface area contributed by atoms with Gasteiger partial charge in [0.25, 0.3) is 0 Å². The molecule has 1 aliphatic rings. The molecule has 2 aromatic rings. The summed E-state index contributed by atoms with van der Waals surface area (Å²) < 4.78 is 0. The van der Waals surface area contributed by atoms with E-state index < -0.39 is 0 Å². The summed E-state index contributed by atoms with van der Waals surface area (Å²) in [6, 6.07) is 10.3. The number of halogens is 2. The predicted molar refractivity (Wildman–Crippen MR) is 104 cm³/mol. The maximum atomic E-state index is 12.4. The van der Waals surface area contributed by atoms with E-state index in [4.69, 9.17) is 0 Å². The number of carbonyl (C=O) groups excluding carboxylic acids is 1. The molecule has 0 unspecified atom stereocenters. The first-order chi connectivity index (χ1) is 10.8. The Morgan fingerprint density at radius 3 is 2.75 bits per heavy atom. The van der Waals surface area contributed by atoms with Crippen molar-refractivity contribution in [3.8, 4) is 0 Å². The van der Waals surface area contributed by atoms with Gasteiger partial charge in [0.05, 0.1) is 17.1 Å². The summed E-state index contributed by atoms with van der Waals surface area (Å²) in [7, 11) is 0. The third-order valence-corrected chi connectivity index (χ3v) is 4.72. The van der Waals surface area contributed by atoms with E-state index in [0.717, 1.165) is 49.7 Å². The molecular weight excluding hydrogens is 365 g/mol. The van der Waals surface area contributed by atoms with Crippen molar-refractivity contribution in [3.63, 3.8) is 0 Å². The van der Waals surface area contributed by atoms with Crippen LogP contribution in [-0.2, 0) is 17.6 Å². The fourth-order valence-electron chi connectivity index (χ4n) is 2.64. The van der Waals surface area contributed by atoms with Gasteiger partial charge in [0.2, 0.25) is 5.91 Å². The molecule has 0 spiro atoms. The second-order valence-electron chi connectivity index (χ2n) is 5.56. The number of aromatic nitrogens is 1. The highest BCUT2D eigenvalue weighted by atomic mass is 35.5. The van der Waals surface area contributed by atoms with Crippen molar-refractivity contribution >= 4 is 42.1 Å².